The smallest absolute Gasteiger partial charge is 0.344 e. The second kappa shape index (κ2) is 14.7. The number of ether oxygens (including phenoxy) is 3. The molecule has 0 aliphatic carbocycles. The Labute approximate surface area is 242 Å². The predicted molar refractivity (Wildman–Crippen MR) is 154 cm³/mol. The average molecular weight is 586 g/mol. The van der Waals surface area contributed by atoms with E-state index in [0.29, 0.717) is 39.0 Å². The van der Waals surface area contributed by atoms with Gasteiger partial charge in [0, 0.05) is 22.8 Å². The molecular weight excluding hydrogens is 554 g/mol. The number of amidine groups is 1. The summed E-state index contributed by atoms with van der Waals surface area (Å²) in [6.07, 6.45) is 1.16. The van der Waals surface area contributed by atoms with Gasteiger partial charge in [0.15, 0.2) is 23.9 Å². The van der Waals surface area contributed by atoms with Gasteiger partial charge in [-0.3, -0.25) is 9.78 Å². The van der Waals surface area contributed by atoms with Crippen LogP contribution in [0.2, 0.25) is 5.02 Å². The summed E-state index contributed by atoms with van der Waals surface area (Å²) < 4.78 is 16.7. The topological polar surface area (TPSA) is 178 Å². The molecule has 0 saturated heterocycles. The van der Waals surface area contributed by atoms with Gasteiger partial charge in [-0.1, -0.05) is 16.8 Å². The zero-order chi connectivity index (χ0) is 29.9. The van der Waals surface area contributed by atoms with E-state index in [4.69, 9.17) is 36.8 Å². The highest BCUT2D eigenvalue weighted by Crippen LogP contribution is 2.35. The number of oxime groups is 1. The molecule has 0 radical (unpaired) electrons. The van der Waals surface area contributed by atoms with Gasteiger partial charge >= 0.3 is 5.97 Å². The molecule has 0 fully saturated rings. The molecular formula is C28H32ClN5O7. The van der Waals surface area contributed by atoms with Crippen LogP contribution in [0.1, 0.15) is 48.0 Å². The number of nitrogens with one attached hydrogen (secondary N) is 2. The lowest BCUT2D eigenvalue weighted by molar-refractivity contribution is -0.145. The highest BCUT2D eigenvalue weighted by molar-refractivity contribution is 6.31. The van der Waals surface area contributed by atoms with Crippen LogP contribution >= 0.6 is 11.6 Å². The molecule has 0 bridgehead atoms. The van der Waals surface area contributed by atoms with E-state index >= 15 is 0 Å². The van der Waals surface area contributed by atoms with Crippen LogP contribution < -0.4 is 25.8 Å². The number of nitrogens with two attached hydrogens (primary N) is 1. The molecule has 13 heteroatoms. The Bertz CT molecular complexity index is 1400. The van der Waals surface area contributed by atoms with Crippen LogP contribution in [0.5, 0.6) is 11.5 Å². The van der Waals surface area contributed by atoms with Crippen molar-refractivity contribution in [2.75, 3.05) is 23.8 Å². The Morgan fingerprint density at radius 1 is 1.17 bits per heavy atom. The number of halogens is 1. The lowest BCUT2D eigenvalue weighted by atomic mass is 10.1. The van der Waals surface area contributed by atoms with Crippen molar-refractivity contribution in [2.45, 2.75) is 40.0 Å². The number of benzene rings is 2. The Morgan fingerprint density at radius 3 is 2.59 bits per heavy atom. The zero-order valence-electron chi connectivity index (χ0n) is 22.8. The molecule has 0 aliphatic heterocycles. The number of amides is 1. The number of aliphatic hydroxyl groups is 1. The summed E-state index contributed by atoms with van der Waals surface area (Å²) in [6, 6.07) is 11.2. The second-order valence-corrected chi connectivity index (χ2v) is 9.35. The molecule has 1 amide bonds. The molecule has 1 aromatic heterocycles. The molecule has 3 aromatic rings. The standard InChI is InChI=1S/C28H32ClN5O7/c1-4-39-25(36)15-40-26-18(9-17(14-35)10-24(26)41-16(2)3)12-31-22-7-5-19(29)11-21(22)28(37)33-20-6-8-23(32-13-20)27(30)34-38/h5-11,13,16,31,35,38H,4,12,14-15H2,1-3H3,(H2,30,34)(H,33,37). The Morgan fingerprint density at radius 2 is 1.95 bits per heavy atom. The monoisotopic (exact) mass is 585 g/mol. The lowest BCUT2D eigenvalue weighted by Gasteiger charge is -2.20. The summed E-state index contributed by atoms with van der Waals surface area (Å²) >= 11 is 6.20. The van der Waals surface area contributed by atoms with Crippen molar-refractivity contribution in [1.29, 1.82) is 0 Å². The number of carbonyl (C=O) groups excluding carboxylic acids is 2. The molecule has 3 rings (SSSR count). The van der Waals surface area contributed by atoms with Crippen LogP contribution in [-0.2, 0) is 22.7 Å². The van der Waals surface area contributed by atoms with E-state index in [2.05, 4.69) is 20.8 Å². The van der Waals surface area contributed by atoms with Crippen LogP contribution in [0, 0.1) is 0 Å². The molecule has 0 unspecified atom stereocenters. The highest BCUT2D eigenvalue weighted by atomic mass is 35.5. The van der Waals surface area contributed by atoms with Gasteiger partial charge in [-0.25, -0.2) is 4.79 Å². The van der Waals surface area contributed by atoms with E-state index in [1.165, 1.54) is 18.3 Å². The molecule has 6 N–H and O–H groups in total. The first kappa shape index (κ1) is 31.0. The Hall–Kier alpha value is -4.55. The summed E-state index contributed by atoms with van der Waals surface area (Å²) in [4.78, 5) is 29.3. The molecule has 41 heavy (non-hydrogen) atoms. The van der Waals surface area contributed by atoms with Gasteiger partial charge in [0.2, 0.25) is 0 Å². The number of rotatable bonds is 13. The SMILES string of the molecule is CCOC(=O)COc1c(CNc2ccc(Cl)cc2C(=O)Nc2ccc(/C(N)=N/O)nc2)cc(CO)cc1OC(C)C. The number of nitrogens with zero attached hydrogens (tertiary/aromatic N) is 2. The minimum Gasteiger partial charge on any atom is -0.487 e. The van der Waals surface area contributed by atoms with E-state index in [-0.39, 0.29) is 49.6 Å². The normalized spacial score (nSPS) is 11.2. The number of pyridine rings is 1. The van der Waals surface area contributed by atoms with Crippen LogP contribution in [0.25, 0.3) is 0 Å². The van der Waals surface area contributed by atoms with Gasteiger partial charge < -0.3 is 40.9 Å². The van der Waals surface area contributed by atoms with Gasteiger partial charge in [0.25, 0.3) is 5.91 Å². The van der Waals surface area contributed by atoms with Gasteiger partial charge in [0.1, 0.15) is 5.69 Å². The predicted octanol–water partition coefficient (Wildman–Crippen LogP) is 3.92. The minimum absolute atomic E-state index is 0.137. The van der Waals surface area contributed by atoms with Crippen molar-refractivity contribution in [3.8, 4) is 11.5 Å². The summed E-state index contributed by atoms with van der Waals surface area (Å²) in [6.45, 7) is 5.14. The number of carbonyl (C=O) groups is 2. The van der Waals surface area contributed by atoms with Crippen molar-refractivity contribution in [3.05, 3.63) is 76.1 Å². The van der Waals surface area contributed by atoms with E-state index in [1.54, 1.807) is 37.3 Å². The van der Waals surface area contributed by atoms with Crippen molar-refractivity contribution in [1.82, 2.24) is 4.98 Å². The lowest BCUT2D eigenvalue weighted by Crippen LogP contribution is -2.18. The number of aromatic nitrogens is 1. The highest BCUT2D eigenvalue weighted by Gasteiger charge is 2.19. The fourth-order valence-corrected chi connectivity index (χ4v) is 3.87. The third-order valence-corrected chi connectivity index (χ3v) is 5.70. The number of esters is 1. The molecule has 12 nitrogen and oxygen atoms in total. The van der Waals surface area contributed by atoms with E-state index < -0.39 is 11.9 Å². The van der Waals surface area contributed by atoms with Crippen molar-refractivity contribution < 1.29 is 34.1 Å². The quantitative estimate of drug-likeness (QED) is 0.0649. The Kier molecular flexibility index (Phi) is 11.1. The van der Waals surface area contributed by atoms with Crippen LogP contribution in [-0.4, -0.2) is 52.3 Å². The number of hydrogen-bond acceptors (Lipinski definition) is 10. The van der Waals surface area contributed by atoms with Crippen molar-refractivity contribution in [3.63, 3.8) is 0 Å². The molecule has 0 atom stereocenters. The summed E-state index contributed by atoms with van der Waals surface area (Å²) in [7, 11) is 0. The molecule has 2 aromatic carbocycles. The summed E-state index contributed by atoms with van der Waals surface area (Å²) in [5.74, 6) is -0.529. The number of hydrogen-bond donors (Lipinski definition) is 5. The van der Waals surface area contributed by atoms with Crippen LogP contribution in [0.4, 0.5) is 11.4 Å². The molecule has 0 saturated carbocycles. The maximum atomic E-state index is 13.2. The van der Waals surface area contributed by atoms with Crippen molar-refractivity contribution in [2.24, 2.45) is 10.9 Å². The third kappa shape index (κ3) is 8.72. The summed E-state index contributed by atoms with van der Waals surface area (Å²) in [5, 5.41) is 27.8. The summed E-state index contributed by atoms with van der Waals surface area (Å²) in [5.41, 5.74) is 7.97. The average Bonchev–Trinajstić information content (AvgIpc) is 2.95. The fourth-order valence-electron chi connectivity index (χ4n) is 3.70. The van der Waals surface area contributed by atoms with Crippen LogP contribution in [0.15, 0.2) is 53.8 Å². The third-order valence-electron chi connectivity index (χ3n) is 5.46. The maximum Gasteiger partial charge on any atom is 0.344 e. The number of anilines is 2. The maximum absolute atomic E-state index is 13.2. The van der Waals surface area contributed by atoms with E-state index in [9.17, 15) is 14.7 Å². The van der Waals surface area contributed by atoms with Gasteiger partial charge in [0.05, 0.1) is 36.8 Å². The van der Waals surface area contributed by atoms with Crippen LogP contribution in [0.3, 0.4) is 0 Å². The molecule has 0 spiro atoms. The van der Waals surface area contributed by atoms with Gasteiger partial charge in [-0.15, -0.1) is 0 Å². The zero-order valence-corrected chi connectivity index (χ0v) is 23.6. The minimum atomic E-state index is -0.543. The Balaban J connectivity index is 1.89. The number of aliphatic hydroxyl groups excluding tert-OH is 1. The largest absolute Gasteiger partial charge is 0.487 e. The fraction of sp³-hybridized carbons (Fsp3) is 0.286. The van der Waals surface area contributed by atoms with Gasteiger partial charge in [-0.2, -0.15) is 0 Å². The molecule has 218 valence electrons. The van der Waals surface area contributed by atoms with E-state index in [0.717, 1.165) is 0 Å². The van der Waals surface area contributed by atoms with Crippen molar-refractivity contribution >= 4 is 40.7 Å². The molecule has 1 heterocycles. The van der Waals surface area contributed by atoms with Gasteiger partial charge in [-0.05, 0) is 68.8 Å². The molecule has 0 aliphatic rings. The van der Waals surface area contributed by atoms with E-state index in [1.807, 2.05) is 13.8 Å². The first-order valence-corrected chi connectivity index (χ1v) is 13.0. The second-order valence-electron chi connectivity index (χ2n) is 8.92. The first-order valence-electron chi connectivity index (χ1n) is 12.7. The first-order chi connectivity index (χ1) is 19.6.